The standard InChI is InChI=1S/C26H24N6O2/c1-2-5-23(33)32-13-11-19(16-32)21-14-20(15-27)24(28)25(30-21)17-7-9-18(10-8-17)26(34)31-22-6-3-4-12-29-22/h3-4,6-10,12,14-15,19,27H,11,13,16,28H2,1H3,(H,29,31,34). The van der Waals surface area contributed by atoms with Crippen LogP contribution in [-0.2, 0) is 4.79 Å². The molecule has 0 aliphatic carbocycles. The number of carbonyl (C=O) groups excluding carboxylic acids is 2. The van der Waals surface area contributed by atoms with Gasteiger partial charge in [-0.3, -0.25) is 14.6 Å². The molecule has 34 heavy (non-hydrogen) atoms. The van der Waals surface area contributed by atoms with Crippen LogP contribution in [0.5, 0.6) is 0 Å². The number of pyridine rings is 2. The summed E-state index contributed by atoms with van der Waals surface area (Å²) in [6.07, 6.45) is 3.58. The van der Waals surface area contributed by atoms with E-state index in [9.17, 15) is 9.59 Å². The molecule has 3 heterocycles. The summed E-state index contributed by atoms with van der Waals surface area (Å²) < 4.78 is 0. The molecule has 4 N–H and O–H groups in total. The fraction of sp³-hybridized carbons (Fsp3) is 0.192. The van der Waals surface area contributed by atoms with Crippen LogP contribution in [0.25, 0.3) is 11.3 Å². The molecule has 0 radical (unpaired) electrons. The molecule has 2 aromatic heterocycles. The first-order valence-electron chi connectivity index (χ1n) is 10.9. The largest absolute Gasteiger partial charge is 0.396 e. The first-order valence-corrected chi connectivity index (χ1v) is 10.9. The Balaban J connectivity index is 1.59. The van der Waals surface area contributed by atoms with Crippen LogP contribution in [-0.4, -0.2) is 46.0 Å². The van der Waals surface area contributed by atoms with E-state index in [1.54, 1.807) is 60.5 Å². The molecule has 1 aromatic carbocycles. The molecule has 0 saturated carbocycles. The second kappa shape index (κ2) is 9.96. The molecule has 4 rings (SSSR count). The summed E-state index contributed by atoms with van der Waals surface area (Å²) >= 11 is 0. The molecule has 1 aliphatic heterocycles. The van der Waals surface area contributed by atoms with Crippen molar-refractivity contribution < 1.29 is 9.59 Å². The Morgan fingerprint density at radius 1 is 1.24 bits per heavy atom. The van der Waals surface area contributed by atoms with Crippen molar-refractivity contribution in [2.24, 2.45) is 0 Å². The van der Waals surface area contributed by atoms with Gasteiger partial charge in [-0.15, -0.1) is 0 Å². The Bertz CT molecular complexity index is 1290. The zero-order chi connectivity index (χ0) is 24.1. The van der Waals surface area contributed by atoms with Crippen LogP contribution in [0.2, 0.25) is 0 Å². The maximum Gasteiger partial charge on any atom is 0.298 e. The number of nitrogens with zero attached hydrogens (tertiary/aromatic N) is 3. The van der Waals surface area contributed by atoms with Crippen LogP contribution in [0.1, 0.15) is 40.9 Å². The number of hydrogen-bond donors (Lipinski definition) is 3. The van der Waals surface area contributed by atoms with E-state index in [0.29, 0.717) is 41.4 Å². The van der Waals surface area contributed by atoms with Gasteiger partial charge >= 0.3 is 0 Å². The maximum absolute atomic E-state index is 12.5. The Kier molecular flexibility index (Phi) is 6.64. The van der Waals surface area contributed by atoms with Crippen LogP contribution < -0.4 is 11.1 Å². The molecule has 1 aliphatic rings. The van der Waals surface area contributed by atoms with Crippen LogP contribution in [0.15, 0.2) is 54.7 Å². The Hall–Kier alpha value is -4.51. The third kappa shape index (κ3) is 4.79. The third-order valence-corrected chi connectivity index (χ3v) is 5.72. The zero-order valence-corrected chi connectivity index (χ0v) is 18.7. The average molecular weight is 453 g/mol. The summed E-state index contributed by atoms with van der Waals surface area (Å²) in [5, 5.41) is 10.5. The van der Waals surface area contributed by atoms with E-state index >= 15 is 0 Å². The van der Waals surface area contributed by atoms with Crippen LogP contribution >= 0.6 is 0 Å². The van der Waals surface area contributed by atoms with Gasteiger partial charge in [0.25, 0.3) is 11.8 Å². The lowest BCUT2D eigenvalue weighted by molar-refractivity contribution is -0.124. The molecule has 1 atom stereocenters. The number of rotatable bonds is 5. The summed E-state index contributed by atoms with van der Waals surface area (Å²) in [6, 6.07) is 14.1. The number of nitrogens with one attached hydrogen (secondary N) is 2. The number of aromatic nitrogens is 2. The number of carbonyl (C=O) groups is 2. The molecule has 8 heteroatoms. The summed E-state index contributed by atoms with van der Waals surface area (Å²) in [5.41, 5.74) is 9.82. The van der Waals surface area contributed by atoms with Gasteiger partial charge in [-0.1, -0.05) is 24.1 Å². The second-order valence-corrected chi connectivity index (χ2v) is 7.90. The molecule has 1 fully saturated rings. The van der Waals surface area contributed by atoms with Crippen molar-refractivity contribution in [3.05, 3.63) is 71.5 Å². The van der Waals surface area contributed by atoms with Gasteiger partial charge in [0.1, 0.15) is 5.82 Å². The highest BCUT2D eigenvalue weighted by Crippen LogP contribution is 2.33. The van der Waals surface area contributed by atoms with Crippen LogP contribution in [0.4, 0.5) is 11.5 Å². The van der Waals surface area contributed by atoms with Crippen molar-refractivity contribution in [2.75, 3.05) is 24.1 Å². The van der Waals surface area contributed by atoms with Crippen molar-refractivity contribution in [1.29, 1.82) is 5.41 Å². The van der Waals surface area contributed by atoms with Crippen LogP contribution in [0, 0.1) is 17.3 Å². The highest BCUT2D eigenvalue weighted by atomic mass is 16.2. The van der Waals surface area contributed by atoms with E-state index in [0.717, 1.165) is 17.7 Å². The molecule has 170 valence electrons. The van der Waals surface area contributed by atoms with E-state index in [1.807, 2.05) is 6.07 Å². The first-order chi connectivity index (χ1) is 16.5. The Morgan fingerprint density at radius 2 is 2.03 bits per heavy atom. The molecule has 0 spiro atoms. The van der Waals surface area contributed by atoms with E-state index in [-0.39, 0.29) is 17.7 Å². The van der Waals surface area contributed by atoms with Gasteiger partial charge in [0.05, 0.1) is 11.4 Å². The summed E-state index contributed by atoms with van der Waals surface area (Å²) in [5.74, 6) is 5.27. The van der Waals surface area contributed by atoms with Crippen molar-refractivity contribution >= 4 is 29.5 Å². The van der Waals surface area contributed by atoms with Crippen LogP contribution in [0.3, 0.4) is 0 Å². The van der Waals surface area contributed by atoms with Gasteiger partial charge in [0.2, 0.25) is 0 Å². The van der Waals surface area contributed by atoms with Gasteiger partial charge in [0.15, 0.2) is 0 Å². The van der Waals surface area contributed by atoms with Crippen molar-refractivity contribution in [2.45, 2.75) is 19.3 Å². The lowest BCUT2D eigenvalue weighted by atomic mass is 9.98. The van der Waals surface area contributed by atoms with E-state index in [1.165, 1.54) is 6.21 Å². The number of benzene rings is 1. The Labute approximate surface area is 197 Å². The van der Waals surface area contributed by atoms with Gasteiger partial charge in [-0.05, 0) is 49.6 Å². The smallest absolute Gasteiger partial charge is 0.298 e. The molecule has 1 saturated heterocycles. The molecule has 8 nitrogen and oxygen atoms in total. The van der Waals surface area contributed by atoms with Gasteiger partial charge in [-0.2, -0.15) is 0 Å². The maximum atomic E-state index is 12.5. The molecular weight excluding hydrogens is 428 g/mol. The number of anilines is 2. The number of hydrogen-bond acceptors (Lipinski definition) is 6. The molecular formula is C26H24N6O2. The lowest BCUT2D eigenvalue weighted by Crippen LogP contribution is -2.27. The van der Waals surface area contributed by atoms with E-state index in [4.69, 9.17) is 16.1 Å². The molecule has 1 unspecified atom stereocenters. The highest BCUT2D eigenvalue weighted by molar-refractivity contribution is 6.04. The van der Waals surface area contributed by atoms with Crippen molar-refractivity contribution in [3.8, 4) is 23.1 Å². The average Bonchev–Trinajstić information content (AvgIpc) is 3.36. The number of amides is 2. The SMILES string of the molecule is CC#CC(=O)N1CCC(c2cc(C=N)c(N)c(-c3ccc(C(=O)Nc4ccccn4)cc3)n2)C1. The topological polar surface area (TPSA) is 125 Å². The monoisotopic (exact) mass is 452 g/mol. The number of nitrogens with two attached hydrogens (primary N) is 1. The van der Waals surface area contributed by atoms with Gasteiger partial charge < -0.3 is 21.4 Å². The van der Waals surface area contributed by atoms with E-state index in [2.05, 4.69) is 22.1 Å². The predicted octanol–water partition coefficient (Wildman–Crippen LogP) is 3.31. The lowest BCUT2D eigenvalue weighted by Gasteiger charge is -2.16. The number of likely N-dealkylation sites (tertiary alicyclic amines) is 1. The normalized spacial score (nSPS) is 14.7. The minimum absolute atomic E-state index is 0.0316. The molecule has 3 aromatic rings. The fourth-order valence-corrected chi connectivity index (χ4v) is 3.92. The fourth-order valence-electron chi connectivity index (χ4n) is 3.92. The number of nitrogen functional groups attached to an aromatic ring is 1. The van der Waals surface area contributed by atoms with Gasteiger partial charge in [-0.25, -0.2) is 4.98 Å². The summed E-state index contributed by atoms with van der Waals surface area (Å²) in [7, 11) is 0. The highest BCUT2D eigenvalue weighted by Gasteiger charge is 2.28. The van der Waals surface area contributed by atoms with Gasteiger partial charge in [0, 0.05) is 53.8 Å². The molecule has 2 amide bonds. The summed E-state index contributed by atoms with van der Waals surface area (Å²) in [6.45, 7) is 2.77. The van der Waals surface area contributed by atoms with Crippen molar-refractivity contribution in [3.63, 3.8) is 0 Å². The first kappa shape index (κ1) is 22.7. The minimum atomic E-state index is -0.272. The summed E-state index contributed by atoms with van der Waals surface area (Å²) in [4.78, 5) is 35.3. The minimum Gasteiger partial charge on any atom is -0.396 e. The quantitative estimate of drug-likeness (QED) is 0.405. The predicted molar refractivity (Wildman–Crippen MR) is 132 cm³/mol. The zero-order valence-electron chi connectivity index (χ0n) is 18.7. The molecule has 0 bridgehead atoms. The van der Waals surface area contributed by atoms with Crippen molar-refractivity contribution in [1.82, 2.24) is 14.9 Å². The van der Waals surface area contributed by atoms with E-state index < -0.39 is 0 Å². The third-order valence-electron chi connectivity index (χ3n) is 5.72. The second-order valence-electron chi connectivity index (χ2n) is 7.90. The Morgan fingerprint density at radius 3 is 2.71 bits per heavy atom.